The number of nitrogens with zero attached hydrogens (tertiary/aromatic N) is 1. The Balaban J connectivity index is 1.78. The standard InChI is InChI=1S/C14H25F3N2/c1-11-6-13(18-10-14(15,16)17)9-19(7-11)8-12-4-2-3-5-12/h11-13,18H,2-10H2,1H3. The number of rotatable bonds is 4. The Hall–Kier alpha value is -0.290. The van der Waals surface area contributed by atoms with Crippen LogP contribution in [0.3, 0.4) is 0 Å². The van der Waals surface area contributed by atoms with Crippen molar-refractivity contribution in [2.24, 2.45) is 11.8 Å². The van der Waals surface area contributed by atoms with Crippen molar-refractivity contribution < 1.29 is 13.2 Å². The van der Waals surface area contributed by atoms with Crippen molar-refractivity contribution in [3.8, 4) is 0 Å². The highest BCUT2D eigenvalue weighted by atomic mass is 19.4. The van der Waals surface area contributed by atoms with Crippen LogP contribution >= 0.6 is 0 Å². The van der Waals surface area contributed by atoms with E-state index >= 15 is 0 Å². The molecular formula is C14H25F3N2. The van der Waals surface area contributed by atoms with Crippen molar-refractivity contribution in [2.75, 3.05) is 26.2 Å². The topological polar surface area (TPSA) is 15.3 Å². The van der Waals surface area contributed by atoms with Crippen LogP contribution in [0.1, 0.15) is 39.0 Å². The highest BCUT2D eigenvalue weighted by Gasteiger charge is 2.31. The van der Waals surface area contributed by atoms with Gasteiger partial charge in [0.15, 0.2) is 0 Å². The Bertz CT molecular complexity index is 274. The number of likely N-dealkylation sites (tertiary alicyclic amines) is 1. The molecular weight excluding hydrogens is 253 g/mol. The molecule has 0 aromatic rings. The summed E-state index contributed by atoms with van der Waals surface area (Å²) in [4.78, 5) is 2.37. The Morgan fingerprint density at radius 2 is 1.84 bits per heavy atom. The smallest absolute Gasteiger partial charge is 0.305 e. The molecule has 2 atom stereocenters. The minimum absolute atomic E-state index is 0.00761. The zero-order valence-electron chi connectivity index (χ0n) is 11.7. The second kappa shape index (κ2) is 6.44. The van der Waals surface area contributed by atoms with Crippen molar-refractivity contribution in [1.82, 2.24) is 10.2 Å². The van der Waals surface area contributed by atoms with E-state index in [9.17, 15) is 13.2 Å². The Kier molecular flexibility index (Phi) is 5.12. The summed E-state index contributed by atoms with van der Waals surface area (Å²) in [5.41, 5.74) is 0. The van der Waals surface area contributed by atoms with Crippen LogP contribution in [0.25, 0.3) is 0 Å². The molecule has 2 fully saturated rings. The highest BCUT2D eigenvalue weighted by molar-refractivity contribution is 4.84. The SMILES string of the molecule is CC1CC(NCC(F)(F)F)CN(CC2CCCC2)C1. The molecule has 2 rings (SSSR count). The first-order chi connectivity index (χ1) is 8.92. The molecule has 0 amide bonds. The van der Waals surface area contributed by atoms with Gasteiger partial charge >= 0.3 is 6.18 Å². The van der Waals surface area contributed by atoms with Gasteiger partial charge in [-0.25, -0.2) is 0 Å². The molecule has 1 aliphatic heterocycles. The molecule has 0 bridgehead atoms. The van der Waals surface area contributed by atoms with Crippen molar-refractivity contribution in [3.05, 3.63) is 0 Å². The van der Waals surface area contributed by atoms with Crippen molar-refractivity contribution in [1.29, 1.82) is 0 Å². The van der Waals surface area contributed by atoms with E-state index in [0.29, 0.717) is 5.92 Å². The predicted molar refractivity (Wildman–Crippen MR) is 70.0 cm³/mol. The molecule has 1 saturated heterocycles. The number of alkyl halides is 3. The molecule has 2 aliphatic rings. The van der Waals surface area contributed by atoms with E-state index in [4.69, 9.17) is 0 Å². The normalized spacial score (nSPS) is 30.9. The third-order valence-electron chi connectivity index (χ3n) is 4.32. The number of nitrogens with one attached hydrogen (secondary N) is 1. The van der Waals surface area contributed by atoms with E-state index in [-0.39, 0.29) is 6.04 Å². The first kappa shape index (κ1) is 15.1. The minimum atomic E-state index is -4.10. The first-order valence-corrected chi connectivity index (χ1v) is 7.45. The monoisotopic (exact) mass is 278 g/mol. The van der Waals surface area contributed by atoms with Crippen molar-refractivity contribution >= 4 is 0 Å². The molecule has 19 heavy (non-hydrogen) atoms. The van der Waals surface area contributed by atoms with E-state index in [1.54, 1.807) is 0 Å². The lowest BCUT2D eigenvalue weighted by atomic mass is 9.94. The second-order valence-corrected chi connectivity index (χ2v) is 6.40. The lowest BCUT2D eigenvalue weighted by Crippen LogP contribution is -2.51. The van der Waals surface area contributed by atoms with Gasteiger partial charge in [0.1, 0.15) is 0 Å². The summed E-state index contributed by atoms with van der Waals surface area (Å²) >= 11 is 0. The quantitative estimate of drug-likeness (QED) is 0.850. The highest BCUT2D eigenvalue weighted by Crippen LogP contribution is 2.27. The molecule has 5 heteroatoms. The minimum Gasteiger partial charge on any atom is -0.305 e. The van der Waals surface area contributed by atoms with Crippen molar-refractivity contribution in [2.45, 2.75) is 51.2 Å². The van der Waals surface area contributed by atoms with Gasteiger partial charge in [-0.05, 0) is 31.1 Å². The van der Waals surface area contributed by atoms with Crippen LogP contribution in [0.5, 0.6) is 0 Å². The van der Waals surface area contributed by atoms with Crippen LogP contribution in [0.4, 0.5) is 13.2 Å². The summed E-state index contributed by atoms with van der Waals surface area (Å²) in [6.07, 6.45) is 2.00. The lowest BCUT2D eigenvalue weighted by molar-refractivity contribution is -0.127. The molecule has 1 heterocycles. The maximum Gasteiger partial charge on any atom is 0.401 e. The molecule has 112 valence electrons. The van der Waals surface area contributed by atoms with Crippen LogP contribution in [0.2, 0.25) is 0 Å². The fourth-order valence-electron chi connectivity index (χ4n) is 3.58. The van der Waals surface area contributed by atoms with Crippen LogP contribution in [-0.4, -0.2) is 43.3 Å². The van der Waals surface area contributed by atoms with Gasteiger partial charge < -0.3 is 10.2 Å². The fraction of sp³-hybridized carbons (Fsp3) is 1.00. The Morgan fingerprint density at radius 3 is 2.47 bits per heavy atom. The molecule has 1 saturated carbocycles. The summed E-state index contributed by atoms with van der Waals surface area (Å²) < 4.78 is 36.8. The van der Waals surface area contributed by atoms with E-state index < -0.39 is 12.7 Å². The molecule has 1 aliphatic carbocycles. The first-order valence-electron chi connectivity index (χ1n) is 7.45. The number of hydrogen-bond donors (Lipinski definition) is 1. The molecule has 0 aromatic carbocycles. The number of halogens is 3. The molecule has 0 spiro atoms. The second-order valence-electron chi connectivity index (χ2n) is 6.40. The molecule has 2 nitrogen and oxygen atoms in total. The van der Waals surface area contributed by atoms with Gasteiger partial charge in [-0.15, -0.1) is 0 Å². The fourth-order valence-corrected chi connectivity index (χ4v) is 3.58. The summed E-state index contributed by atoms with van der Waals surface area (Å²) in [5.74, 6) is 1.26. The molecule has 0 radical (unpaired) electrons. The zero-order valence-corrected chi connectivity index (χ0v) is 11.7. The van der Waals surface area contributed by atoms with E-state index in [1.807, 2.05) is 0 Å². The third kappa shape index (κ3) is 5.30. The van der Waals surface area contributed by atoms with Gasteiger partial charge in [-0.1, -0.05) is 19.8 Å². The van der Waals surface area contributed by atoms with Gasteiger partial charge in [-0.2, -0.15) is 13.2 Å². The average molecular weight is 278 g/mol. The van der Waals surface area contributed by atoms with Gasteiger partial charge in [0.05, 0.1) is 6.54 Å². The number of piperidine rings is 1. The summed E-state index contributed by atoms with van der Waals surface area (Å²) in [5, 5.41) is 2.68. The molecule has 0 aromatic heterocycles. The number of hydrogen-bond acceptors (Lipinski definition) is 2. The lowest BCUT2D eigenvalue weighted by Gasteiger charge is -2.38. The molecule has 2 unspecified atom stereocenters. The summed E-state index contributed by atoms with van der Waals surface area (Å²) in [7, 11) is 0. The van der Waals surface area contributed by atoms with Crippen molar-refractivity contribution in [3.63, 3.8) is 0 Å². The van der Waals surface area contributed by atoms with Crippen LogP contribution < -0.4 is 5.32 Å². The third-order valence-corrected chi connectivity index (χ3v) is 4.32. The maximum absolute atomic E-state index is 12.3. The van der Waals surface area contributed by atoms with Gasteiger partial charge in [-0.3, -0.25) is 0 Å². The zero-order chi connectivity index (χ0) is 13.9. The average Bonchev–Trinajstić information content (AvgIpc) is 2.77. The van der Waals surface area contributed by atoms with E-state index in [0.717, 1.165) is 32.0 Å². The van der Waals surface area contributed by atoms with Gasteiger partial charge in [0.2, 0.25) is 0 Å². The Morgan fingerprint density at radius 1 is 1.16 bits per heavy atom. The van der Waals surface area contributed by atoms with E-state index in [2.05, 4.69) is 17.1 Å². The van der Waals surface area contributed by atoms with Gasteiger partial charge in [0.25, 0.3) is 0 Å². The molecule has 1 N–H and O–H groups in total. The predicted octanol–water partition coefficient (Wildman–Crippen LogP) is 3.04. The van der Waals surface area contributed by atoms with Crippen LogP contribution in [0.15, 0.2) is 0 Å². The summed E-state index contributed by atoms with van der Waals surface area (Å²) in [6, 6.07) is -0.00761. The van der Waals surface area contributed by atoms with Crippen LogP contribution in [0, 0.1) is 11.8 Å². The Labute approximate surface area is 113 Å². The van der Waals surface area contributed by atoms with Gasteiger partial charge in [0, 0.05) is 25.7 Å². The van der Waals surface area contributed by atoms with Crippen LogP contribution in [-0.2, 0) is 0 Å². The maximum atomic E-state index is 12.3. The largest absolute Gasteiger partial charge is 0.401 e. The summed E-state index contributed by atoms with van der Waals surface area (Å²) in [6.45, 7) is 4.18. The van der Waals surface area contributed by atoms with E-state index in [1.165, 1.54) is 25.7 Å².